The third-order valence-corrected chi connectivity index (χ3v) is 4.74. The Morgan fingerprint density at radius 1 is 1.25 bits per heavy atom. The van der Waals surface area contributed by atoms with Gasteiger partial charge in [0.25, 0.3) is 5.56 Å². The van der Waals surface area contributed by atoms with Gasteiger partial charge >= 0.3 is 0 Å². The minimum atomic E-state index is 0.0351. The zero-order valence-electron chi connectivity index (χ0n) is 14.9. The molecule has 2 aromatic heterocycles. The minimum absolute atomic E-state index is 0.0351. The van der Waals surface area contributed by atoms with E-state index in [1.807, 2.05) is 12.3 Å². The van der Waals surface area contributed by atoms with Gasteiger partial charge in [0, 0.05) is 38.6 Å². The summed E-state index contributed by atoms with van der Waals surface area (Å²) in [5.41, 5.74) is 1.09. The molecular formula is C19H27N3O2. The van der Waals surface area contributed by atoms with E-state index >= 15 is 0 Å². The lowest BCUT2D eigenvalue weighted by Gasteiger charge is -2.29. The Bertz CT molecular complexity index is 761. The van der Waals surface area contributed by atoms with E-state index < -0.39 is 0 Å². The predicted octanol–water partition coefficient (Wildman–Crippen LogP) is 3.16. The Morgan fingerprint density at radius 3 is 2.67 bits per heavy atom. The molecule has 0 radical (unpaired) electrons. The first kappa shape index (κ1) is 17.0. The van der Waals surface area contributed by atoms with Gasteiger partial charge in [0.1, 0.15) is 5.82 Å². The molecule has 5 nitrogen and oxygen atoms in total. The summed E-state index contributed by atoms with van der Waals surface area (Å²) in [4.78, 5) is 20.2. The van der Waals surface area contributed by atoms with Gasteiger partial charge in [-0.15, -0.1) is 0 Å². The van der Waals surface area contributed by atoms with Crippen LogP contribution in [0, 0.1) is 0 Å². The predicted molar refractivity (Wildman–Crippen MR) is 98.0 cm³/mol. The molecule has 2 aromatic rings. The molecular weight excluding hydrogens is 302 g/mol. The van der Waals surface area contributed by atoms with Gasteiger partial charge in [0.15, 0.2) is 0 Å². The van der Waals surface area contributed by atoms with Crippen LogP contribution in [0.2, 0.25) is 0 Å². The number of nitrogens with zero attached hydrogens (tertiary/aromatic N) is 3. The minimum Gasteiger partial charge on any atom is -0.383 e. The van der Waals surface area contributed by atoms with Crippen LogP contribution in [0.4, 0.5) is 5.82 Å². The molecule has 0 unspecified atom stereocenters. The second-order valence-electron chi connectivity index (χ2n) is 6.84. The monoisotopic (exact) mass is 329 g/mol. The van der Waals surface area contributed by atoms with Gasteiger partial charge in [-0.1, -0.05) is 13.8 Å². The van der Waals surface area contributed by atoms with Crippen molar-refractivity contribution in [3.05, 3.63) is 34.4 Å². The Labute approximate surface area is 143 Å². The molecule has 1 saturated heterocycles. The van der Waals surface area contributed by atoms with Crippen LogP contribution in [-0.2, 0) is 11.3 Å². The van der Waals surface area contributed by atoms with Crippen LogP contribution in [0.5, 0.6) is 0 Å². The maximum absolute atomic E-state index is 13.0. The molecule has 1 aliphatic heterocycles. The van der Waals surface area contributed by atoms with E-state index in [0.29, 0.717) is 19.1 Å². The molecule has 1 aliphatic rings. The lowest BCUT2D eigenvalue weighted by Crippen LogP contribution is -2.32. The number of methoxy groups -OCH3 is 1. The molecule has 1 fully saturated rings. The highest BCUT2D eigenvalue weighted by atomic mass is 16.5. The molecule has 0 spiro atoms. The van der Waals surface area contributed by atoms with Crippen molar-refractivity contribution in [3.63, 3.8) is 0 Å². The number of aromatic nitrogens is 2. The highest BCUT2D eigenvalue weighted by Gasteiger charge is 2.19. The maximum atomic E-state index is 13.0. The van der Waals surface area contributed by atoms with E-state index in [0.717, 1.165) is 35.4 Å². The van der Waals surface area contributed by atoms with Gasteiger partial charge in [-0.05, 0) is 42.7 Å². The maximum Gasteiger partial charge on any atom is 0.262 e. The molecule has 0 saturated carbocycles. The zero-order chi connectivity index (χ0) is 17.1. The van der Waals surface area contributed by atoms with Crippen molar-refractivity contribution in [2.75, 3.05) is 31.7 Å². The normalized spacial score (nSPS) is 15.4. The van der Waals surface area contributed by atoms with E-state index in [-0.39, 0.29) is 5.56 Å². The van der Waals surface area contributed by atoms with Crippen LogP contribution in [0.3, 0.4) is 0 Å². The average molecular weight is 329 g/mol. The molecule has 24 heavy (non-hydrogen) atoms. The van der Waals surface area contributed by atoms with Crippen molar-refractivity contribution < 1.29 is 4.74 Å². The number of ether oxygens (including phenoxy) is 1. The number of hydrogen-bond acceptors (Lipinski definition) is 4. The largest absolute Gasteiger partial charge is 0.383 e. The molecule has 0 aliphatic carbocycles. The summed E-state index contributed by atoms with van der Waals surface area (Å²) >= 11 is 0. The van der Waals surface area contributed by atoms with Crippen LogP contribution in [0.25, 0.3) is 10.8 Å². The van der Waals surface area contributed by atoms with E-state index in [9.17, 15) is 4.79 Å². The first-order valence-electron chi connectivity index (χ1n) is 8.90. The molecule has 3 rings (SSSR count). The van der Waals surface area contributed by atoms with Crippen molar-refractivity contribution >= 4 is 16.6 Å². The Morgan fingerprint density at radius 2 is 2.00 bits per heavy atom. The third-order valence-electron chi connectivity index (χ3n) is 4.74. The summed E-state index contributed by atoms with van der Waals surface area (Å²) in [5, 5.41) is 1.74. The molecule has 0 aromatic carbocycles. The summed E-state index contributed by atoms with van der Waals surface area (Å²) in [7, 11) is 1.65. The Kier molecular flexibility index (Phi) is 5.19. The lowest BCUT2D eigenvalue weighted by molar-refractivity contribution is 0.186. The van der Waals surface area contributed by atoms with E-state index in [2.05, 4.69) is 24.8 Å². The number of piperidine rings is 1. The van der Waals surface area contributed by atoms with Crippen LogP contribution < -0.4 is 10.5 Å². The van der Waals surface area contributed by atoms with Crippen molar-refractivity contribution in [1.82, 2.24) is 9.55 Å². The standard InChI is InChI=1S/C19H27N3O2/c1-14(2)16-13-15-7-10-22(11-12-24-3)19(23)17(15)18(20-16)21-8-5-4-6-9-21/h7,10,13-14H,4-6,8-9,11-12H2,1-3H3. The lowest BCUT2D eigenvalue weighted by atomic mass is 10.0. The van der Waals surface area contributed by atoms with Crippen LogP contribution in [0.1, 0.15) is 44.7 Å². The molecule has 0 N–H and O–H groups in total. The topological polar surface area (TPSA) is 47.4 Å². The fraction of sp³-hybridized carbons (Fsp3) is 0.579. The molecule has 130 valence electrons. The fourth-order valence-corrected chi connectivity index (χ4v) is 3.30. The van der Waals surface area contributed by atoms with Gasteiger partial charge in [-0.2, -0.15) is 0 Å². The summed E-state index contributed by atoms with van der Waals surface area (Å²) in [6.45, 7) is 7.35. The number of pyridine rings is 2. The third kappa shape index (κ3) is 3.31. The highest BCUT2D eigenvalue weighted by Crippen LogP contribution is 2.28. The molecule has 0 bridgehead atoms. The van der Waals surface area contributed by atoms with Gasteiger partial charge in [-0.3, -0.25) is 4.79 Å². The summed E-state index contributed by atoms with van der Waals surface area (Å²) < 4.78 is 6.86. The van der Waals surface area contributed by atoms with Gasteiger partial charge in [0.2, 0.25) is 0 Å². The van der Waals surface area contributed by atoms with Crippen LogP contribution >= 0.6 is 0 Å². The van der Waals surface area contributed by atoms with E-state index in [4.69, 9.17) is 9.72 Å². The quantitative estimate of drug-likeness (QED) is 0.845. The molecule has 0 amide bonds. The summed E-state index contributed by atoms with van der Waals surface area (Å²) in [6.07, 6.45) is 5.46. The van der Waals surface area contributed by atoms with Crippen molar-refractivity contribution in [2.24, 2.45) is 0 Å². The number of hydrogen-bond donors (Lipinski definition) is 0. The van der Waals surface area contributed by atoms with Crippen LogP contribution in [0.15, 0.2) is 23.1 Å². The van der Waals surface area contributed by atoms with Crippen molar-refractivity contribution in [2.45, 2.75) is 45.6 Å². The molecule has 5 heteroatoms. The Hall–Kier alpha value is -1.88. The average Bonchev–Trinajstić information content (AvgIpc) is 2.61. The van der Waals surface area contributed by atoms with E-state index in [1.165, 1.54) is 19.3 Å². The Balaban J connectivity index is 2.17. The highest BCUT2D eigenvalue weighted by molar-refractivity contribution is 5.92. The zero-order valence-corrected chi connectivity index (χ0v) is 14.9. The summed E-state index contributed by atoms with van der Waals surface area (Å²) in [5.74, 6) is 1.21. The fourth-order valence-electron chi connectivity index (χ4n) is 3.30. The van der Waals surface area contributed by atoms with Crippen molar-refractivity contribution in [1.29, 1.82) is 0 Å². The first-order valence-corrected chi connectivity index (χ1v) is 8.90. The SMILES string of the molecule is COCCn1ccc2cc(C(C)C)nc(N3CCCCC3)c2c1=O. The first-order chi connectivity index (χ1) is 11.6. The van der Waals surface area contributed by atoms with Gasteiger partial charge in [-0.25, -0.2) is 4.98 Å². The smallest absolute Gasteiger partial charge is 0.262 e. The molecule has 0 atom stereocenters. The second kappa shape index (κ2) is 7.34. The van der Waals surface area contributed by atoms with E-state index in [1.54, 1.807) is 11.7 Å². The number of anilines is 1. The molecule has 3 heterocycles. The number of fused-ring (bicyclic) bond motifs is 1. The van der Waals surface area contributed by atoms with Crippen LogP contribution in [-0.4, -0.2) is 36.4 Å². The van der Waals surface area contributed by atoms with Gasteiger partial charge < -0.3 is 14.2 Å². The summed E-state index contributed by atoms with van der Waals surface area (Å²) in [6, 6.07) is 4.10. The van der Waals surface area contributed by atoms with Gasteiger partial charge in [0.05, 0.1) is 12.0 Å². The second-order valence-corrected chi connectivity index (χ2v) is 6.84. The van der Waals surface area contributed by atoms with Crippen molar-refractivity contribution in [3.8, 4) is 0 Å². The number of rotatable bonds is 5.